The summed E-state index contributed by atoms with van der Waals surface area (Å²) in [5.41, 5.74) is 2.77. The van der Waals surface area contributed by atoms with Crippen molar-refractivity contribution in [3.8, 4) is 0 Å². The van der Waals surface area contributed by atoms with Gasteiger partial charge in [-0.1, -0.05) is 0 Å². The molecule has 142 valence electrons. The van der Waals surface area contributed by atoms with Crippen LogP contribution in [-0.4, -0.2) is 52.6 Å². The molecule has 2 aliphatic rings. The lowest BCUT2D eigenvalue weighted by molar-refractivity contribution is -0.140. The third-order valence-electron chi connectivity index (χ3n) is 4.59. The van der Waals surface area contributed by atoms with E-state index in [2.05, 4.69) is 16.7 Å². The van der Waals surface area contributed by atoms with Gasteiger partial charge in [0.1, 0.15) is 5.70 Å². The lowest BCUT2D eigenvalue weighted by Crippen LogP contribution is -2.24. The van der Waals surface area contributed by atoms with Gasteiger partial charge in [-0.25, -0.2) is 4.79 Å². The van der Waals surface area contributed by atoms with Crippen LogP contribution in [-0.2, 0) is 19.0 Å². The number of likely N-dealkylation sites (N-methyl/N-ethyl adjacent to an activating group) is 1. The summed E-state index contributed by atoms with van der Waals surface area (Å²) in [7, 11) is 3.49. The van der Waals surface area contributed by atoms with Crippen LogP contribution in [0.2, 0.25) is 0 Å². The zero-order valence-electron chi connectivity index (χ0n) is 15.6. The van der Waals surface area contributed by atoms with Gasteiger partial charge in [-0.2, -0.15) is 0 Å². The first-order valence-corrected chi connectivity index (χ1v) is 9.37. The molecule has 1 unspecified atom stereocenters. The Hall–Kier alpha value is -1.53. The van der Waals surface area contributed by atoms with Crippen LogP contribution < -0.4 is 10.6 Å². The Bertz CT molecular complexity index is 482. The van der Waals surface area contributed by atoms with Crippen molar-refractivity contribution in [2.45, 2.75) is 51.0 Å². The summed E-state index contributed by atoms with van der Waals surface area (Å²) in [5.74, 6) is -0.271. The number of carbonyl (C=O) groups is 1. The van der Waals surface area contributed by atoms with Crippen LogP contribution in [0.15, 0.2) is 23.0 Å². The van der Waals surface area contributed by atoms with Crippen molar-refractivity contribution in [2.75, 3.05) is 40.5 Å². The smallest absolute Gasteiger partial charge is 0.354 e. The first kappa shape index (κ1) is 19.8. The molecule has 0 saturated carbocycles. The molecule has 6 heteroatoms. The van der Waals surface area contributed by atoms with Gasteiger partial charge in [-0.15, -0.1) is 0 Å². The summed E-state index contributed by atoms with van der Waals surface area (Å²) in [5, 5.41) is 6.46. The molecule has 0 aromatic rings. The highest BCUT2D eigenvalue weighted by Crippen LogP contribution is 2.23. The molecule has 1 aliphatic heterocycles. The van der Waals surface area contributed by atoms with Gasteiger partial charge in [0.05, 0.1) is 12.7 Å². The van der Waals surface area contributed by atoms with E-state index in [4.69, 9.17) is 14.2 Å². The number of allylic oxidation sites excluding steroid dienone is 3. The molecule has 0 spiro atoms. The summed E-state index contributed by atoms with van der Waals surface area (Å²) in [4.78, 5) is 12.4. The van der Waals surface area contributed by atoms with Gasteiger partial charge < -0.3 is 24.8 Å². The summed E-state index contributed by atoms with van der Waals surface area (Å²) in [6.07, 6.45) is 9.19. The van der Waals surface area contributed by atoms with Crippen LogP contribution in [0.3, 0.4) is 0 Å². The molecule has 1 heterocycles. The zero-order chi connectivity index (χ0) is 17.9. The molecule has 0 bridgehead atoms. The van der Waals surface area contributed by atoms with Crippen LogP contribution in [0, 0.1) is 0 Å². The van der Waals surface area contributed by atoms with Crippen molar-refractivity contribution in [1.29, 1.82) is 0 Å². The van der Waals surface area contributed by atoms with Crippen LogP contribution in [0.5, 0.6) is 0 Å². The van der Waals surface area contributed by atoms with Crippen LogP contribution in [0.25, 0.3) is 0 Å². The fourth-order valence-corrected chi connectivity index (χ4v) is 3.25. The Kier molecular flexibility index (Phi) is 8.83. The topological polar surface area (TPSA) is 68.8 Å². The summed E-state index contributed by atoms with van der Waals surface area (Å²) in [6.45, 7) is 2.87. The lowest BCUT2D eigenvalue weighted by atomic mass is 9.97. The third kappa shape index (κ3) is 6.71. The molecular formula is C19H32N2O4. The number of hydrogen-bond acceptors (Lipinski definition) is 6. The molecule has 0 aromatic carbocycles. The highest BCUT2D eigenvalue weighted by atomic mass is 16.5. The summed E-state index contributed by atoms with van der Waals surface area (Å²) < 4.78 is 16.1. The van der Waals surface area contributed by atoms with Gasteiger partial charge in [-0.05, 0) is 50.2 Å². The van der Waals surface area contributed by atoms with Crippen molar-refractivity contribution in [2.24, 2.45) is 0 Å². The minimum atomic E-state index is -0.271. The first-order valence-electron chi connectivity index (χ1n) is 9.37. The van der Waals surface area contributed by atoms with Gasteiger partial charge in [0.2, 0.25) is 0 Å². The Morgan fingerprint density at radius 2 is 2.20 bits per heavy atom. The normalized spacial score (nSPS) is 22.3. The molecular weight excluding hydrogens is 320 g/mol. The maximum atomic E-state index is 12.4. The molecule has 1 atom stereocenters. The van der Waals surface area contributed by atoms with E-state index < -0.39 is 0 Å². The molecule has 1 aliphatic carbocycles. The Morgan fingerprint density at radius 1 is 1.32 bits per heavy atom. The minimum absolute atomic E-state index is 0.246. The lowest BCUT2D eigenvalue weighted by Gasteiger charge is -2.20. The van der Waals surface area contributed by atoms with E-state index in [1.54, 1.807) is 14.2 Å². The van der Waals surface area contributed by atoms with Crippen molar-refractivity contribution in [3.05, 3.63) is 23.0 Å². The molecule has 2 rings (SSSR count). The third-order valence-corrected chi connectivity index (χ3v) is 4.59. The second-order valence-electron chi connectivity index (χ2n) is 6.51. The second kappa shape index (κ2) is 11.2. The fraction of sp³-hybridized carbons (Fsp3) is 0.737. The average Bonchev–Trinajstić information content (AvgIpc) is 3.13. The molecule has 25 heavy (non-hydrogen) atoms. The predicted molar refractivity (Wildman–Crippen MR) is 97.1 cm³/mol. The highest BCUT2D eigenvalue weighted by molar-refractivity contribution is 5.89. The number of rotatable bonds is 10. The first-order chi connectivity index (χ1) is 12.2. The number of esters is 1. The Balaban J connectivity index is 1.86. The van der Waals surface area contributed by atoms with Crippen LogP contribution >= 0.6 is 0 Å². The van der Waals surface area contributed by atoms with Gasteiger partial charge in [0.15, 0.2) is 0 Å². The average molecular weight is 352 g/mol. The molecule has 2 N–H and O–H groups in total. The number of methoxy groups -OCH3 is 1. The molecule has 0 radical (unpaired) electrons. The van der Waals surface area contributed by atoms with E-state index in [9.17, 15) is 4.79 Å². The molecule has 0 aromatic heterocycles. The molecule has 0 amide bonds. The minimum Gasteiger partial charge on any atom is -0.461 e. The fourth-order valence-electron chi connectivity index (χ4n) is 3.25. The summed E-state index contributed by atoms with van der Waals surface area (Å²) in [6, 6.07) is 0. The van der Waals surface area contributed by atoms with Crippen molar-refractivity contribution < 1.29 is 19.0 Å². The molecule has 6 nitrogen and oxygen atoms in total. The standard InChI is InChI=1S/C19H32N2O4/c1-20-18(19(22)25-13-9-17-8-4-12-24-17)15-6-3-7-16(14-15)21-10-5-11-23-2/h14,17,20-21H,3-13H2,1-2H3/b18-15+. The molecule has 1 fully saturated rings. The van der Waals surface area contributed by atoms with E-state index in [0.29, 0.717) is 12.3 Å². The number of ether oxygens (including phenoxy) is 3. The van der Waals surface area contributed by atoms with E-state index in [-0.39, 0.29) is 12.1 Å². The number of hydrogen-bond donors (Lipinski definition) is 2. The largest absolute Gasteiger partial charge is 0.461 e. The van der Waals surface area contributed by atoms with Crippen molar-refractivity contribution in [3.63, 3.8) is 0 Å². The highest BCUT2D eigenvalue weighted by Gasteiger charge is 2.20. The second-order valence-corrected chi connectivity index (χ2v) is 6.51. The monoisotopic (exact) mass is 352 g/mol. The Labute approximate surface area is 151 Å². The van der Waals surface area contributed by atoms with Crippen LogP contribution in [0.4, 0.5) is 0 Å². The van der Waals surface area contributed by atoms with Gasteiger partial charge in [-0.3, -0.25) is 0 Å². The van der Waals surface area contributed by atoms with Crippen molar-refractivity contribution >= 4 is 5.97 Å². The number of carbonyl (C=O) groups excluding carboxylic acids is 1. The molecule has 1 saturated heterocycles. The van der Waals surface area contributed by atoms with Crippen molar-refractivity contribution in [1.82, 2.24) is 10.6 Å². The maximum Gasteiger partial charge on any atom is 0.354 e. The predicted octanol–water partition coefficient (Wildman–Crippen LogP) is 2.27. The maximum absolute atomic E-state index is 12.4. The van der Waals surface area contributed by atoms with Gasteiger partial charge in [0.25, 0.3) is 0 Å². The SMILES string of the molecule is CN/C(C(=O)OCCC1CCCO1)=C1/C=C(NCCCOC)CCC1. The van der Waals surface area contributed by atoms with E-state index >= 15 is 0 Å². The van der Waals surface area contributed by atoms with E-state index in [1.807, 2.05) is 0 Å². The van der Waals surface area contributed by atoms with E-state index in [0.717, 1.165) is 70.3 Å². The van der Waals surface area contributed by atoms with E-state index in [1.165, 1.54) is 5.70 Å². The summed E-state index contributed by atoms with van der Waals surface area (Å²) >= 11 is 0. The zero-order valence-corrected chi connectivity index (χ0v) is 15.6. The quantitative estimate of drug-likeness (QED) is 0.357. The van der Waals surface area contributed by atoms with Gasteiger partial charge >= 0.3 is 5.97 Å². The number of nitrogens with one attached hydrogen (secondary N) is 2. The van der Waals surface area contributed by atoms with Gasteiger partial charge in [0, 0.05) is 46.0 Å². The Morgan fingerprint density at radius 3 is 2.92 bits per heavy atom. The van der Waals surface area contributed by atoms with Crippen LogP contribution in [0.1, 0.15) is 44.9 Å².